The third-order valence-electron chi connectivity index (χ3n) is 3.39. The highest BCUT2D eigenvalue weighted by Gasteiger charge is 2.20. The maximum Gasteiger partial charge on any atom is 0.308 e. The van der Waals surface area contributed by atoms with E-state index in [4.69, 9.17) is 4.74 Å². The lowest BCUT2D eigenvalue weighted by molar-refractivity contribution is -0.145. The van der Waals surface area contributed by atoms with E-state index in [1.54, 1.807) is 0 Å². The molecule has 0 amide bonds. The summed E-state index contributed by atoms with van der Waals surface area (Å²) < 4.78 is 4.72. The van der Waals surface area contributed by atoms with Crippen molar-refractivity contribution in [2.75, 3.05) is 20.2 Å². The molecule has 1 aliphatic rings. The molecule has 0 radical (unpaired) electrons. The minimum absolute atomic E-state index is 0.0316. The summed E-state index contributed by atoms with van der Waals surface area (Å²) in [6.07, 6.45) is 4.87. The van der Waals surface area contributed by atoms with Crippen molar-refractivity contribution in [2.45, 2.75) is 45.6 Å². The van der Waals surface area contributed by atoms with Crippen LogP contribution in [0.15, 0.2) is 0 Å². The number of hydrogen-bond donors (Lipinski definition) is 0. The van der Waals surface area contributed by atoms with Crippen LogP contribution in [0.5, 0.6) is 0 Å². The Balaban J connectivity index is 2.26. The average molecular weight is 213 g/mol. The van der Waals surface area contributed by atoms with E-state index in [0.29, 0.717) is 6.04 Å². The molecule has 1 rings (SSSR count). The number of piperidine rings is 1. The number of carbonyl (C=O) groups is 1. The summed E-state index contributed by atoms with van der Waals surface area (Å²) >= 11 is 0. The molecule has 0 aromatic rings. The van der Waals surface area contributed by atoms with Crippen molar-refractivity contribution in [3.63, 3.8) is 0 Å². The maximum atomic E-state index is 11.2. The molecule has 0 aromatic carbocycles. The van der Waals surface area contributed by atoms with Gasteiger partial charge in [0.2, 0.25) is 0 Å². The van der Waals surface area contributed by atoms with E-state index < -0.39 is 0 Å². The van der Waals surface area contributed by atoms with Crippen molar-refractivity contribution >= 4 is 5.97 Å². The average Bonchev–Trinajstić information content (AvgIpc) is 2.26. The molecular formula is C12H23NO2. The van der Waals surface area contributed by atoms with Gasteiger partial charge >= 0.3 is 5.97 Å². The second-order valence-electron chi connectivity index (χ2n) is 4.59. The Morgan fingerprint density at radius 1 is 1.53 bits per heavy atom. The van der Waals surface area contributed by atoms with Crippen LogP contribution in [-0.4, -0.2) is 37.1 Å². The molecule has 1 fully saturated rings. The van der Waals surface area contributed by atoms with Crippen LogP contribution in [0.2, 0.25) is 0 Å². The second-order valence-corrected chi connectivity index (χ2v) is 4.59. The van der Waals surface area contributed by atoms with Gasteiger partial charge < -0.3 is 9.64 Å². The van der Waals surface area contributed by atoms with Crippen molar-refractivity contribution in [2.24, 2.45) is 5.92 Å². The zero-order valence-electron chi connectivity index (χ0n) is 10.2. The van der Waals surface area contributed by atoms with Crippen LogP contribution in [0.1, 0.15) is 39.5 Å². The van der Waals surface area contributed by atoms with E-state index in [1.807, 2.05) is 6.92 Å². The van der Waals surface area contributed by atoms with E-state index in [1.165, 1.54) is 32.9 Å². The van der Waals surface area contributed by atoms with Crippen LogP contribution in [0, 0.1) is 5.92 Å². The molecule has 0 aromatic heterocycles. The highest BCUT2D eigenvalue weighted by atomic mass is 16.5. The van der Waals surface area contributed by atoms with Gasteiger partial charge in [-0.15, -0.1) is 0 Å². The summed E-state index contributed by atoms with van der Waals surface area (Å²) in [4.78, 5) is 13.7. The Kier molecular flexibility index (Phi) is 5.09. The monoisotopic (exact) mass is 213 g/mol. The SMILES string of the molecule is COC(=O)C(C)CCN1CCCCC1C. The summed E-state index contributed by atoms with van der Waals surface area (Å²) in [5.41, 5.74) is 0. The molecule has 0 N–H and O–H groups in total. The predicted octanol–water partition coefficient (Wildman–Crippen LogP) is 2.06. The number of ether oxygens (including phenoxy) is 1. The molecule has 0 saturated carbocycles. The number of esters is 1. The van der Waals surface area contributed by atoms with Crippen LogP contribution in [-0.2, 0) is 9.53 Å². The van der Waals surface area contributed by atoms with Crippen molar-refractivity contribution in [1.29, 1.82) is 0 Å². The predicted molar refractivity (Wildman–Crippen MR) is 60.7 cm³/mol. The molecular weight excluding hydrogens is 190 g/mol. The Morgan fingerprint density at radius 3 is 2.87 bits per heavy atom. The first-order valence-electron chi connectivity index (χ1n) is 5.97. The Morgan fingerprint density at radius 2 is 2.27 bits per heavy atom. The third-order valence-corrected chi connectivity index (χ3v) is 3.39. The number of hydrogen-bond acceptors (Lipinski definition) is 3. The van der Waals surface area contributed by atoms with Crippen LogP contribution in [0.4, 0.5) is 0 Å². The van der Waals surface area contributed by atoms with E-state index >= 15 is 0 Å². The standard InChI is InChI=1S/C12H23NO2/c1-10(12(14)15-3)7-9-13-8-5-4-6-11(13)2/h10-11H,4-9H2,1-3H3. The van der Waals surface area contributed by atoms with Crippen molar-refractivity contribution in [3.05, 3.63) is 0 Å². The fourth-order valence-corrected chi connectivity index (χ4v) is 2.17. The van der Waals surface area contributed by atoms with Gasteiger partial charge in [-0.05, 0) is 39.3 Å². The minimum atomic E-state index is -0.0836. The van der Waals surface area contributed by atoms with Crippen molar-refractivity contribution in [3.8, 4) is 0 Å². The zero-order chi connectivity index (χ0) is 11.3. The Bertz CT molecular complexity index is 206. The van der Waals surface area contributed by atoms with Gasteiger partial charge in [-0.1, -0.05) is 13.3 Å². The third kappa shape index (κ3) is 3.82. The summed E-state index contributed by atoms with van der Waals surface area (Å²) in [5.74, 6) is -0.0520. The van der Waals surface area contributed by atoms with Crippen LogP contribution in [0.3, 0.4) is 0 Å². The number of nitrogens with zero attached hydrogens (tertiary/aromatic N) is 1. The fraction of sp³-hybridized carbons (Fsp3) is 0.917. The smallest absolute Gasteiger partial charge is 0.308 e. The van der Waals surface area contributed by atoms with Gasteiger partial charge in [0.1, 0.15) is 0 Å². The molecule has 3 nitrogen and oxygen atoms in total. The molecule has 1 saturated heterocycles. The van der Waals surface area contributed by atoms with Gasteiger partial charge in [0.25, 0.3) is 0 Å². The lowest BCUT2D eigenvalue weighted by Crippen LogP contribution is -2.38. The summed E-state index contributed by atoms with van der Waals surface area (Å²) in [6, 6.07) is 0.684. The maximum absolute atomic E-state index is 11.2. The summed E-state index contributed by atoms with van der Waals surface area (Å²) in [5, 5.41) is 0. The fourth-order valence-electron chi connectivity index (χ4n) is 2.17. The molecule has 88 valence electrons. The van der Waals surface area contributed by atoms with Gasteiger partial charge in [-0.3, -0.25) is 4.79 Å². The molecule has 15 heavy (non-hydrogen) atoms. The first-order valence-corrected chi connectivity index (χ1v) is 5.97. The quantitative estimate of drug-likeness (QED) is 0.669. The Labute approximate surface area is 92.8 Å². The van der Waals surface area contributed by atoms with E-state index in [9.17, 15) is 4.79 Å². The molecule has 3 heteroatoms. The summed E-state index contributed by atoms with van der Waals surface area (Å²) in [7, 11) is 1.46. The van der Waals surface area contributed by atoms with E-state index in [0.717, 1.165) is 13.0 Å². The lowest BCUT2D eigenvalue weighted by Gasteiger charge is -2.33. The van der Waals surface area contributed by atoms with Crippen molar-refractivity contribution in [1.82, 2.24) is 4.90 Å². The largest absolute Gasteiger partial charge is 0.469 e. The van der Waals surface area contributed by atoms with Crippen molar-refractivity contribution < 1.29 is 9.53 Å². The van der Waals surface area contributed by atoms with Gasteiger partial charge in [0.05, 0.1) is 13.0 Å². The molecule has 0 aliphatic carbocycles. The molecule has 2 atom stereocenters. The highest BCUT2D eigenvalue weighted by Crippen LogP contribution is 2.17. The van der Waals surface area contributed by atoms with Gasteiger partial charge in [-0.2, -0.15) is 0 Å². The Hall–Kier alpha value is -0.570. The molecule has 0 spiro atoms. The highest BCUT2D eigenvalue weighted by molar-refractivity contribution is 5.71. The number of carbonyl (C=O) groups excluding carboxylic acids is 1. The van der Waals surface area contributed by atoms with E-state index in [-0.39, 0.29) is 11.9 Å². The minimum Gasteiger partial charge on any atom is -0.469 e. The zero-order valence-corrected chi connectivity index (χ0v) is 10.2. The lowest BCUT2D eigenvalue weighted by atomic mass is 10.0. The number of rotatable bonds is 4. The number of methoxy groups -OCH3 is 1. The molecule has 2 unspecified atom stereocenters. The normalized spacial score (nSPS) is 24.9. The molecule has 1 aliphatic heterocycles. The molecule has 0 bridgehead atoms. The topological polar surface area (TPSA) is 29.5 Å². The number of likely N-dealkylation sites (tertiary alicyclic amines) is 1. The first-order chi connectivity index (χ1) is 7.15. The molecule has 1 heterocycles. The van der Waals surface area contributed by atoms with Crippen LogP contribution in [0.25, 0.3) is 0 Å². The second kappa shape index (κ2) is 6.11. The van der Waals surface area contributed by atoms with Crippen LogP contribution < -0.4 is 0 Å². The van der Waals surface area contributed by atoms with Gasteiger partial charge in [-0.25, -0.2) is 0 Å². The first kappa shape index (κ1) is 12.5. The summed E-state index contributed by atoms with van der Waals surface area (Å²) in [6.45, 7) is 6.44. The van der Waals surface area contributed by atoms with Gasteiger partial charge in [0, 0.05) is 6.04 Å². The van der Waals surface area contributed by atoms with E-state index in [2.05, 4.69) is 11.8 Å². The van der Waals surface area contributed by atoms with Gasteiger partial charge in [0.15, 0.2) is 0 Å². The van der Waals surface area contributed by atoms with Crippen LogP contribution >= 0.6 is 0 Å².